The molecule has 6 nitrogen and oxygen atoms in total. The van der Waals surface area contributed by atoms with E-state index in [1.54, 1.807) is 31.2 Å². The van der Waals surface area contributed by atoms with Gasteiger partial charge >= 0.3 is 0 Å². The molecular formula is C17H15ClN2O4S. The number of nitrogens with one attached hydrogen (secondary N) is 2. The number of halogens is 1. The monoisotopic (exact) mass is 378 g/mol. The first-order chi connectivity index (χ1) is 11.8. The van der Waals surface area contributed by atoms with Gasteiger partial charge in [-0.1, -0.05) is 17.7 Å². The van der Waals surface area contributed by atoms with Gasteiger partial charge in [-0.2, -0.15) is 0 Å². The van der Waals surface area contributed by atoms with Gasteiger partial charge < -0.3 is 9.72 Å². The van der Waals surface area contributed by atoms with E-state index in [2.05, 4.69) is 9.71 Å². The Bertz CT molecular complexity index is 1120. The van der Waals surface area contributed by atoms with Crippen LogP contribution in [0.15, 0.2) is 52.2 Å². The first-order valence-electron chi connectivity index (χ1n) is 7.30. The van der Waals surface area contributed by atoms with Gasteiger partial charge in [-0.15, -0.1) is 0 Å². The Kier molecular flexibility index (Phi) is 4.45. The molecule has 2 N–H and O–H groups in total. The smallest absolute Gasteiger partial charge is 0.261 e. The summed E-state index contributed by atoms with van der Waals surface area (Å²) in [6.45, 7) is 1.71. The number of pyridine rings is 1. The molecule has 25 heavy (non-hydrogen) atoms. The number of sulfonamides is 1. The second kappa shape index (κ2) is 6.42. The highest BCUT2D eigenvalue weighted by atomic mass is 35.5. The molecule has 0 saturated heterocycles. The fourth-order valence-electron chi connectivity index (χ4n) is 2.40. The molecular weight excluding hydrogens is 364 g/mol. The number of ether oxygens (including phenoxy) is 1. The predicted octanol–water partition coefficient (Wildman–Crippen LogP) is 3.30. The molecule has 0 aliphatic heterocycles. The number of benzene rings is 2. The molecule has 130 valence electrons. The standard InChI is InChI=1S/C17H15ClN2O4S/c1-10-7-11-3-4-12(8-15(11)19-17(10)21)20-25(22,23)13-5-6-16(24-2)14(18)9-13/h3-9,20H,1-2H3,(H,19,21). The SMILES string of the molecule is COc1ccc(S(=O)(=O)Nc2ccc3cc(C)c(=O)[nH]c3c2)cc1Cl. The molecule has 3 aromatic rings. The Morgan fingerprint density at radius 2 is 1.88 bits per heavy atom. The zero-order valence-electron chi connectivity index (χ0n) is 13.5. The fourth-order valence-corrected chi connectivity index (χ4v) is 3.80. The summed E-state index contributed by atoms with van der Waals surface area (Å²) < 4.78 is 32.6. The van der Waals surface area contributed by atoms with Crippen LogP contribution in [0.5, 0.6) is 5.75 Å². The van der Waals surface area contributed by atoms with Gasteiger partial charge in [0.05, 0.1) is 28.2 Å². The summed E-state index contributed by atoms with van der Waals surface area (Å²) in [7, 11) is -2.38. The maximum Gasteiger partial charge on any atom is 0.261 e. The maximum absolute atomic E-state index is 12.5. The van der Waals surface area contributed by atoms with Crippen molar-refractivity contribution in [2.24, 2.45) is 0 Å². The number of anilines is 1. The van der Waals surface area contributed by atoms with Gasteiger partial charge in [0.15, 0.2) is 0 Å². The van der Waals surface area contributed by atoms with Crippen molar-refractivity contribution in [3.63, 3.8) is 0 Å². The topological polar surface area (TPSA) is 88.3 Å². The van der Waals surface area contributed by atoms with Crippen LogP contribution in [0, 0.1) is 6.92 Å². The minimum Gasteiger partial charge on any atom is -0.495 e. The number of fused-ring (bicyclic) bond motifs is 1. The summed E-state index contributed by atoms with van der Waals surface area (Å²) >= 11 is 5.99. The minimum atomic E-state index is -3.83. The van der Waals surface area contributed by atoms with Crippen LogP contribution < -0.4 is 15.0 Å². The summed E-state index contributed by atoms with van der Waals surface area (Å²) in [6, 6.07) is 10.9. The molecule has 0 atom stereocenters. The Morgan fingerprint density at radius 3 is 2.56 bits per heavy atom. The van der Waals surface area contributed by atoms with E-state index in [1.165, 1.54) is 25.3 Å². The van der Waals surface area contributed by atoms with Crippen molar-refractivity contribution in [2.75, 3.05) is 11.8 Å². The van der Waals surface area contributed by atoms with Crippen LogP contribution in [0.2, 0.25) is 5.02 Å². The molecule has 0 amide bonds. The molecule has 0 fully saturated rings. The highest BCUT2D eigenvalue weighted by Gasteiger charge is 2.16. The zero-order chi connectivity index (χ0) is 18.2. The molecule has 0 aliphatic rings. The van der Waals surface area contributed by atoms with E-state index in [0.29, 0.717) is 22.5 Å². The summed E-state index contributed by atoms with van der Waals surface area (Å²) in [5.41, 5.74) is 1.26. The highest BCUT2D eigenvalue weighted by molar-refractivity contribution is 7.92. The number of aromatic nitrogens is 1. The van der Waals surface area contributed by atoms with Crippen molar-refractivity contribution in [1.29, 1.82) is 0 Å². The van der Waals surface area contributed by atoms with E-state index in [-0.39, 0.29) is 15.5 Å². The third kappa shape index (κ3) is 3.47. The van der Waals surface area contributed by atoms with Crippen LogP contribution in [0.4, 0.5) is 5.69 Å². The highest BCUT2D eigenvalue weighted by Crippen LogP contribution is 2.28. The number of rotatable bonds is 4. The number of hydrogen-bond acceptors (Lipinski definition) is 4. The number of hydrogen-bond donors (Lipinski definition) is 2. The van der Waals surface area contributed by atoms with Gasteiger partial charge in [-0.25, -0.2) is 8.42 Å². The lowest BCUT2D eigenvalue weighted by Crippen LogP contribution is -2.13. The minimum absolute atomic E-state index is 0.01000. The van der Waals surface area contributed by atoms with Crippen molar-refractivity contribution < 1.29 is 13.2 Å². The number of H-pyrrole nitrogens is 1. The molecule has 0 aliphatic carbocycles. The first kappa shape index (κ1) is 17.3. The Balaban J connectivity index is 1.98. The van der Waals surface area contributed by atoms with E-state index < -0.39 is 10.0 Å². The molecule has 0 bridgehead atoms. The van der Waals surface area contributed by atoms with Gasteiger partial charge in [0.2, 0.25) is 0 Å². The van der Waals surface area contributed by atoms with Gasteiger partial charge in [0.25, 0.3) is 15.6 Å². The van der Waals surface area contributed by atoms with Gasteiger partial charge in [0, 0.05) is 5.56 Å². The molecule has 0 spiro atoms. The lowest BCUT2D eigenvalue weighted by molar-refractivity contribution is 0.414. The van der Waals surface area contributed by atoms with Crippen LogP contribution in [0.1, 0.15) is 5.56 Å². The van der Waals surface area contributed by atoms with Crippen molar-refractivity contribution >= 4 is 38.2 Å². The van der Waals surface area contributed by atoms with Crippen molar-refractivity contribution in [1.82, 2.24) is 4.98 Å². The molecule has 0 saturated carbocycles. The normalized spacial score (nSPS) is 11.5. The van der Waals surface area contributed by atoms with Crippen LogP contribution in [-0.2, 0) is 10.0 Å². The molecule has 3 rings (SSSR count). The third-order valence-corrected chi connectivity index (χ3v) is 5.39. The maximum atomic E-state index is 12.5. The van der Waals surface area contributed by atoms with Crippen LogP contribution in [0.25, 0.3) is 10.9 Å². The summed E-state index contributed by atoms with van der Waals surface area (Å²) in [5.74, 6) is 0.388. The van der Waals surface area contributed by atoms with E-state index in [0.717, 1.165) is 5.39 Å². The lowest BCUT2D eigenvalue weighted by atomic mass is 10.1. The number of aromatic amines is 1. The third-order valence-electron chi connectivity index (χ3n) is 3.72. The Labute approximate surface area is 149 Å². The van der Waals surface area contributed by atoms with E-state index in [4.69, 9.17) is 16.3 Å². The lowest BCUT2D eigenvalue weighted by Gasteiger charge is -2.10. The largest absolute Gasteiger partial charge is 0.495 e. The van der Waals surface area contributed by atoms with Gasteiger partial charge in [-0.3, -0.25) is 9.52 Å². The first-order valence-corrected chi connectivity index (χ1v) is 9.16. The molecule has 1 heterocycles. The van der Waals surface area contributed by atoms with Crippen molar-refractivity contribution in [3.8, 4) is 5.75 Å². The van der Waals surface area contributed by atoms with Crippen molar-refractivity contribution in [3.05, 3.63) is 63.4 Å². The summed E-state index contributed by atoms with van der Waals surface area (Å²) in [5, 5.41) is 1.01. The predicted molar refractivity (Wildman–Crippen MR) is 98.1 cm³/mol. The molecule has 1 aromatic heterocycles. The van der Waals surface area contributed by atoms with E-state index in [9.17, 15) is 13.2 Å². The number of methoxy groups -OCH3 is 1. The summed E-state index contributed by atoms with van der Waals surface area (Å²) in [4.78, 5) is 14.5. The Morgan fingerprint density at radius 1 is 1.12 bits per heavy atom. The number of aryl methyl sites for hydroxylation is 1. The van der Waals surface area contributed by atoms with E-state index >= 15 is 0 Å². The molecule has 8 heteroatoms. The average molecular weight is 379 g/mol. The van der Waals surface area contributed by atoms with Crippen LogP contribution >= 0.6 is 11.6 Å². The van der Waals surface area contributed by atoms with Crippen LogP contribution in [-0.4, -0.2) is 20.5 Å². The van der Waals surface area contributed by atoms with E-state index in [1.807, 2.05) is 0 Å². The molecule has 0 unspecified atom stereocenters. The quantitative estimate of drug-likeness (QED) is 0.729. The van der Waals surface area contributed by atoms with Gasteiger partial charge in [-0.05, 0) is 48.7 Å². The molecule has 2 aromatic carbocycles. The fraction of sp³-hybridized carbons (Fsp3) is 0.118. The average Bonchev–Trinajstić information content (AvgIpc) is 2.56. The second-order valence-electron chi connectivity index (χ2n) is 5.49. The summed E-state index contributed by atoms with van der Waals surface area (Å²) in [6.07, 6.45) is 0. The second-order valence-corrected chi connectivity index (χ2v) is 7.57. The van der Waals surface area contributed by atoms with Crippen LogP contribution in [0.3, 0.4) is 0 Å². The van der Waals surface area contributed by atoms with Crippen molar-refractivity contribution in [2.45, 2.75) is 11.8 Å². The zero-order valence-corrected chi connectivity index (χ0v) is 15.0. The van der Waals surface area contributed by atoms with Gasteiger partial charge in [0.1, 0.15) is 5.75 Å². The molecule has 0 radical (unpaired) electrons. The Hall–Kier alpha value is -2.51.